The zero-order valence-electron chi connectivity index (χ0n) is 15.7. The number of nitrogens with one attached hydrogen (secondary N) is 1. The highest BCUT2D eigenvalue weighted by Crippen LogP contribution is 2.19. The third-order valence-corrected chi connectivity index (χ3v) is 6.08. The fourth-order valence-corrected chi connectivity index (χ4v) is 4.10. The molecule has 1 N–H and O–H groups in total. The first-order chi connectivity index (χ1) is 12.5. The molecule has 6 heteroatoms. The van der Waals surface area contributed by atoms with Crippen molar-refractivity contribution in [1.29, 1.82) is 0 Å². The molecule has 26 heavy (non-hydrogen) atoms. The number of hydrogen-bond acceptors (Lipinski definition) is 4. The summed E-state index contributed by atoms with van der Waals surface area (Å²) < 4.78 is 0. The zero-order valence-corrected chi connectivity index (χ0v) is 16.6. The third kappa shape index (κ3) is 5.48. The van der Waals surface area contributed by atoms with Gasteiger partial charge in [-0.15, -0.1) is 11.8 Å². The molecule has 2 aliphatic rings. The van der Waals surface area contributed by atoms with E-state index in [1.807, 2.05) is 11.8 Å². The van der Waals surface area contributed by atoms with Crippen LogP contribution >= 0.6 is 11.8 Å². The fraction of sp³-hybridized carbons (Fsp3) is 0.600. The molecule has 1 aliphatic heterocycles. The molecule has 3 rings (SSSR count). The van der Waals surface area contributed by atoms with E-state index in [1.54, 1.807) is 11.8 Å². The highest BCUT2D eigenvalue weighted by Gasteiger charge is 2.30. The molecule has 1 aromatic rings. The van der Waals surface area contributed by atoms with Gasteiger partial charge in [-0.25, -0.2) is 0 Å². The summed E-state index contributed by atoms with van der Waals surface area (Å²) in [5.41, 5.74) is 2.52. The van der Waals surface area contributed by atoms with Crippen LogP contribution < -0.4 is 5.32 Å². The monoisotopic (exact) mass is 375 g/mol. The second kappa shape index (κ2) is 8.91. The Morgan fingerprint density at radius 2 is 1.96 bits per heavy atom. The van der Waals surface area contributed by atoms with Crippen LogP contribution in [0, 0.1) is 6.92 Å². The number of thioether (sulfide) groups is 1. The Balaban J connectivity index is 1.37. The number of piperazine rings is 1. The van der Waals surface area contributed by atoms with E-state index < -0.39 is 0 Å². The van der Waals surface area contributed by atoms with Crippen molar-refractivity contribution in [3.05, 3.63) is 35.4 Å². The lowest BCUT2D eigenvalue weighted by Crippen LogP contribution is -2.55. The maximum absolute atomic E-state index is 12.4. The van der Waals surface area contributed by atoms with Crippen molar-refractivity contribution in [2.24, 2.45) is 0 Å². The van der Waals surface area contributed by atoms with Gasteiger partial charge < -0.3 is 10.2 Å². The molecule has 0 radical (unpaired) electrons. The van der Waals surface area contributed by atoms with Crippen LogP contribution in [-0.2, 0) is 15.3 Å². The van der Waals surface area contributed by atoms with Crippen LogP contribution in [0.3, 0.4) is 0 Å². The molecule has 0 spiro atoms. The molecule has 0 aromatic heterocycles. The van der Waals surface area contributed by atoms with Gasteiger partial charge in [-0.2, -0.15) is 0 Å². The van der Waals surface area contributed by atoms with Gasteiger partial charge in [0.1, 0.15) is 0 Å². The highest BCUT2D eigenvalue weighted by atomic mass is 32.2. The molecule has 1 atom stereocenters. The quantitative estimate of drug-likeness (QED) is 0.792. The Hall–Kier alpha value is -1.53. The summed E-state index contributed by atoms with van der Waals surface area (Å²) in [4.78, 5) is 28.7. The molecule has 2 amide bonds. The molecule has 5 nitrogen and oxygen atoms in total. The Labute approximate surface area is 160 Å². The first kappa shape index (κ1) is 19.2. The average Bonchev–Trinajstić information content (AvgIpc) is 3.45. The summed E-state index contributed by atoms with van der Waals surface area (Å²) in [5.74, 6) is 1.72. The summed E-state index contributed by atoms with van der Waals surface area (Å²) in [6, 6.07) is 8.72. The standard InChI is InChI=1S/C20H29N3O2S/c1-15-4-3-5-17(12-15)13-26-14-19(24)23-10-8-22(9-11-23)16(2)20(25)21-18-6-7-18/h3-5,12,16,18H,6-11,13-14H2,1-2H3,(H,21,25). The van der Waals surface area contributed by atoms with Crippen LogP contribution in [0.5, 0.6) is 0 Å². The predicted molar refractivity (Wildman–Crippen MR) is 106 cm³/mol. The second-order valence-corrected chi connectivity index (χ2v) is 8.34. The summed E-state index contributed by atoms with van der Waals surface area (Å²) >= 11 is 1.67. The van der Waals surface area contributed by atoms with Crippen LogP contribution in [0.25, 0.3) is 0 Å². The van der Waals surface area contributed by atoms with Crippen molar-refractivity contribution in [3.8, 4) is 0 Å². The molecule has 1 aliphatic carbocycles. The molecule has 1 heterocycles. The number of carbonyl (C=O) groups excluding carboxylic acids is 2. The van der Waals surface area contributed by atoms with Gasteiger partial charge in [0, 0.05) is 38.0 Å². The van der Waals surface area contributed by atoms with Gasteiger partial charge in [-0.05, 0) is 32.3 Å². The maximum Gasteiger partial charge on any atom is 0.237 e. The number of aryl methyl sites for hydroxylation is 1. The lowest BCUT2D eigenvalue weighted by Gasteiger charge is -2.37. The Bertz CT molecular complexity index is 640. The minimum atomic E-state index is -0.108. The van der Waals surface area contributed by atoms with Crippen molar-refractivity contribution in [3.63, 3.8) is 0 Å². The van der Waals surface area contributed by atoms with Gasteiger partial charge in [0.05, 0.1) is 11.8 Å². The van der Waals surface area contributed by atoms with Gasteiger partial charge in [0.15, 0.2) is 0 Å². The van der Waals surface area contributed by atoms with Crippen molar-refractivity contribution >= 4 is 23.6 Å². The SMILES string of the molecule is Cc1cccc(CSCC(=O)N2CCN(C(C)C(=O)NC3CC3)CC2)c1. The van der Waals surface area contributed by atoms with Gasteiger partial charge in [-0.3, -0.25) is 14.5 Å². The number of benzene rings is 1. The number of carbonyl (C=O) groups is 2. The number of amides is 2. The second-order valence-electron chi connectivity index (χ2n) is 7.36. The molecule has 1 saturated heterocycles. The summed E-state index contributed by atoms with van der Waals surface area (Å²) in [5, 5.41) is 3.07. The van der Waals surface area contributed by atoms with Gasteiger partial charge in [-0.1, -0.05) is 29.8 Å². The molecule has 1 aromatic carbocycles. The van der Waals surface area contributed by atoms with E-state index in [-0.39, 0.29) is 17.9 Å². The van der Waals surface area contributed by atoms with E-state index in [4.69, 9.17) is 0 Å². The molecular weight excluding hydrogens is 346 g/mol. The fourth-order valence-electron chi connectivity index (χ4n) is 3.22. The van der Waals surface area contributed by atoms with Crippen molar-refractivity contribution in [1.82, 2.24) is 15.1 Å². The van der Waals surface area contributed by atoms with E-state index in [0.717, 1.165) is 31.7 Å². The van der Waals surface area contributed by atoms with E-state index in [1.165, 1.54) is 11.1 Å². The average molecular weight is 376 g/mol. The molecule has 0 bridgehead atoms. The lowest BCUT2D eigenvalue weighted by atomic mass is 10.2. The van der Waals surface area contributed by atoms with Crippen LogP contribution in [0.15, 0.2) is 24.3 Å². The largest absolute Gasteiger partial charge is 0.352 e. The molecule has 142 valence electrons. The summed E-state index contributed by atoms with van der Waals surface area (Å²) in [7, 11) is 0. The van der Waals surface area contributed by atoms with Crippen LogP contribution in [-0.4, -0.2) is 65.6 Å². The number of rotatable bonds is 7. The Kier molecular flexibility index (Phi) is 6.59. The number of nitrogens with zero attached hydrogens (tertiary/aromatic N) is 2. The molecule has 1 unspecified atom stereocenters. The van der Waals surface area contributed by atoms with E-state index >= 15 is 0 Å². The summed E-state index contributed by atoms with van der Waals surface area (Å²) in [6.45, 7) is 7.02. The van der Waals surface area contributed by atoms with E-state index in [0.29, 0.717) is 24.9 Å². The van der Waals surface area contributed by atoms with Crippen molar-refractivity contribution < 1.29 is 9.59 Å². The van der Waals surface area contributed by atoms with Crippen molar-refractivity contribution in [2.75, 3.05) is 31.9 Å². The predicted octanol–water partition coefficient (Wildman–Crippen LogP) is 2.04. The van der Waals surface area contributed by atoms with E-state index in [2.05, 4.69) is 41.4 Å². The molecular formula is C20H29N3O2S. The Morgan fingerprint density at radius 3 is 2.62 bits per heavy atom. The molecule has 1 saturated carbocycles. The topological polar surface area (TPSA) is 52.7 Å². The van der Waals surface area contributed by atoms with Gasteiger partial charge in [0.25, 0.3) is 0 Å². The lowest BCUT2D eigenvalue weighted by molar-refractivity contribution is -0.131. The first-order valence-corrected chi connectivity index (χ1v) is 10.6. The minimum absolute atomic E-state index is 0.108. The van der Waals surface area contributed by atoms with Crippen LogP contribution in [0.4, 0.5) is 0 Å². The molecule has 2 fully saturated rings. The maximum atomic E-state index is 12.4. The van der Waals surface area contributed by atoms with E-state index in [9.17, 15) is 9.59 Å². The highest BCUT2D eigenvalue weighted by molar-refractivity contribution is 7.99. The van der Waals surface area contributed by atoms with Crippen molar-refractivity contribution in [2.45, 2.75) is 44.5 Å². The zero-order chi connectivity index (χ0) is 18.5. The van der Waals surface area contributed by atoms with Crippen LogP contribution in [0.2, 0.25) is 0 Å². The first-order valence-electron chi connectivity index (χ1n) is 9.48. The normalized spacial score (nSPS) is 19.2. The smallest absolute Gasteiger partial charge is 0.237 e. The number of hydrogen-bond donors (Lipinski definition) is 1. The van der Waals surface area contributed by atoms with Crippen LogP contribution in [0.1, 0.15) is 30.9 Å². The summed E-state index contributed by atoms with van der Waals surface area (Å²) in [6.07, 6.45) is 2.22. The van der Waals surface area contributed by atoms with Gasteiger partial charge in [0.2, 0.25) is 11.8 Å². The third-order valence-electron chi connectivity index (χ3n) is 5.09. The minimum Gasteiger partial charge on any atom is -0.352 e. The Morgan fingerprint density at radius 1 is 1.23 bits per heavy atom. The van der Waals surface area contributed by atoms with Gasteiger partial charge >= 0.3 is 0 Å².